The van der Waals surface area contributed by atoms with Crippen LogP contribution in [-0.4, -0.2) is 50.6 Å². The van der Waals surface area contributed by atoms with E-state index in [1.165, 1.54) is 31.5 Å². The zero-order valence-corrected chi connectivity index (χ0v) is 12.9. The Balaban J connectivity index is 1.86. The van der Waals surface area contributed by atoms with Gasteiger partial charge in [0.1, 0.15) is 5.75 Å². The SMILES string of the molecule is COc1ccc(CN(C)CC2CCN(C)CC2)c(N)c1. The average molecular weight is 277 g/mol. The Morgan fingerprint density at radius 3 is 2.65 bits per heavy atom. The van der Waals surface area contributed by atoms with E-state index in [1.807, 2.05) is 12.1 Å². The van der Waals surface area contributed by atoms with Gasteiger partial charge in [0, 0.05) is 24.8 Å². The molecule has 4 heteroatoms. The summed E-state index contributed by atoms with van der Waals surface area (Å²) in [6.07, 6.45) is 2.61. The summed E-state index contributed by atoms with van der Waals surface area (Å²) >= 11 is 0. The number of ether oxygens (including phenoxy) is 1. The van der Waals surface area contributed by atoms with Gasteiger partial charge in [-0.15, -0.1) is 0 Å². The van der Waals surface area contributed by atoms with Crippen LogP contribution in [0.25, 0.3) is 0 Å². The van der Waals surface area contributed by atoms with Crippen LogP contribution in [0.3, 0.4) is 0 Å². The number of anilines is 1. The quantitative estimate of drug-likeness (QED) is 0.837. The number of rotatable bonds is 5. The predicted molar refractivity (Wildman–Crippen MR) is 84.0 cm³/mol. The van der Waals surface area contributed by atoms with E-state index in [4.69, 9.17) is 10.5 Å². The van der Waals surface area contributed by atoms with E-state index in [0.29, 0.717) is 0 Å². The van der Waals surface area contributed by atoms with E-state index < -0.39 is 0 Å². The molecule has 1 aromatic carbocycles. The molecule has 20 heavy (non-hydrogen) atoms. The fourth-order valence-corrected chi connectivity index (χ4v) is 2.88. The molecule has 0 spiro atoms. The van der Waals surface area contributed by atoms with Gasteiger partial charge in [0.15, 0.2) is 0 Å². The van der Waals surface area contributed by atoms with Crippen LogP contribution >= 0.6 is 0 Å². The molecule has 1 aliphatic heterocycles. The van der Waals surface area contributed by atoms with Gasteiger partial charge in [-0.25, -0.2) is 0 Å². The number of hydrogen-bond acceptors (Lipinski definition) is 4. The van der Waals surface area contributed by atoms with Gasteiger partial charge in [-0.2, -0.15) is 0 Å². The van der Waals surface area contributed by atoms with Crippen molar-refractivity contribution in [2.75, 3.05) is 46.6 Å². The first-order valence-corrected chi connectivity index (χ1v) is 7.38. The molecular formula is C16H27N3O. The van der Waals surface area contributed by atoms with Crippen molar-refractivity contribution in [3.63, 3.8) is 0 Å². The molecule has 1 aliphatic rings. The highest BCUT2D eigenvalue weighted by molar-refractivity contribution is 5.51. The molecule has 0 saturated carbocycles. The lowest BCUT2D eigenvalue weighted by molar-refractivity contribution is 0.173. The molecule has 0 amide bonds. The summed E-state index contributed by atoms with van der Waals surface area (Å²) in [6.45, 7) is 4.51. The van der Waals surface area contributed by atoms with Gasteiger partial charge in [0.2, 0.25) is 0 Å². The molecule has 0 bridgehead atoms. The summed E-state index contributed by atoms with van der Waals surface area (Å²) in [6, 6.07) is 5.95. The van der Waals surface area contributed by atoms with Crippen LogP contribution in [0.15, 0.2) is 18.2 Å². The van der Waals surface area contributed by atoms with Gasteiger partial charge < -0.3 is 20.3 Å². The first kappa shape index (κ1) is 15.1. The highest BCUT2D eigenvalue weighted by atomic mass is 16.5. The van der Waals surface area contributed by atoms with Gasteiger partial charge in [0.25, 0.3) is 0 Å². The lowest BCUT2D eigenvalue weighted by atomic mass is 9.96. The standard InChI is InChI=1S/C16H27N3O/c1-18-8-6-13(7-9-18)11-19(2)12-14-4-5-15(20-3)10-16(14)17/h4-5,10,13H,6-9,11-12,17H2,1-3H3. The van der Waals surface area contributed by atoms with Crippen LogP contribution in [0.5, 0.6) is 5.75 Å². The Morgan fingerprint density at radius 1 is 1.35 bits per heavy atom. The van der Waals surface area contributed by atoms with Crippen molar-refractivity contribution >= 4 is 5.69 Å². The molecule has 1 saturated heterocycles. The first-order chi connectivity index (χ1) is 9.58. The lowest BCUT2D eigenvalue weighted by Gasteiger charge is -2.31. The summed E-state index contributed by atoms with van der Waals surface area (Å²) in [7, 11) is 6.06. The Hall–Kier alpha value is -1.26. The van der Waals surface area contributed by atoms with E-state index in [0.717, 1.165) is 30.4 Å². The molecule has 112 valence electrons. The topological polar surface area (TPSA) is 41.7 Å². The third kappa shape index (κ3) is 4.12. The van der Waals surface area contributed by atoms with Crippen LogP contribution in [0, 0.1) is 5.92 Å². The average Bonchev–Trinajstić information content (AvgIpc) is 2.43. The zero-order chi connectivity index (χ0) is 14.5. The van der Waals surface area contributed by atoms with Gasteiger partial charge in [-0.1, -0.05) is 6.07 Å². The summed E-state index contributed by atoms with van der Waals surface area (Å²) in [5.41, 5.74) is 8.08. The highest BCUT2D eigenvalue weighted by Gasteiger charge is 2.18. The van der Waals surface area contributed by atoms with Gasteiger partial charge in [-0.05, 0) is 57.6 Å². The number of likely N-dealkylation sites (tertiary alicyclic amines) is 1. The number of nitrogen functional groups attached to an aromatic ring is 1. The van der Waals surface area contributed by atoms with Crippen molar-refractivity contribution in [1.29, 1.82) is 0 Å². The van der Waals surface area contributed by atoms with Crippen LogP contribution < -0.4 is 10.5 Å². The smallest absolute Gasteiger partial charge is 0.120 e. The second-order valence-electron chi connectivity index (χ2n) is 6.01. The monoisotopic (exact) mass is 277 g/mol. The van der Waals surface area contributed by atoms with Crippen molar-refractivity contribution in [3.05, 3.63) is 23.8 Å². The Bertz CT molecular complexity index is 428. The zero-order valence-electron chi connectivity index (χ0n) is 12.9. The minimum Gasteiger partial charge on any atom is -0.497 e. The van der Waals surface area contributed by atoms with Crippen LogP contribution in [0.1, 0.15) is 18.4 Å². The fraction of sp³-hybridized carbons (Fsp3) is 0.625. The number of nitrogens with two attached hydrogens (primary N) is 1. The van der Waals surface area contributed by atoms with E-state index in [1.54, 1.807) is 7.11 Å². The molecule has 2 N–H and O–H groups in total. The fourth-order valence-electron chi connectivity index (χ4n) is 2.88. The van der Waals surface area contributed by atoms with Gasteiger partial charge >= 0.3 is 0 Å². The minimum atomic E-state index is 0.815. The van der Waals surface area contributed by atoms with E-state index >= 15 is 0 Å². The molecule has 0 radical (unpaired) electrons. The van der Waals surface area contributed by atoms with E-state index in [9.17, 15) is 0 Å². The number of hydrogen-bond donors (Lipinski definition) is 1. The third-order valence-corrected chi connectivity index (χ3v) is 4.20. The molecule has 0 unspecified atom stereocenters. The van der Waals surface area contributed by atoms with Crippen molar-refractivity contribution in [3.8, 4) is 5.75 Å². The molecular weight excluding hydrogens is 250 g/mol. The van der Waals surface area contributed by atoms with Crippen LogP contribution in [-0.2, 0) is 6.54 Å². The molecule has 1 aromatic rings. The minimum absolute atomic E-state index is 0.815. The first-order valence-electron chi connectivity index (χ1n) is 7.38. The maximum Gasteiger partial charge on any atom is 0.120 e. The number of piperidine rings is 1. The Kier molecular flexibility index (Phi) is 5.26. The molecule has 1 heterocycles. The molecule has 1 fully saturated rings. The van der Waals surface area contributed by atoms with E-state index in [-0.39, 0.29) is 0 Å². The molecule has 4 nitrogen and oxygen atoms in total. The summed E-state index contributed by atoms with van der Waals surface area (Å²) in [4.78, 5) is 4.80. The summed E-state index contributed by atoms with van der Waals surface area (Å²) in [5, 5.41) is 0. The van der Waals surface area contributed by atoms with Crippen LogP contribution in [0.2, 0.25) is 0 Å². The normalized spacial score (nSPS) is 17.6. The molecule has 2 rings (SSSR count). The van der Waals surface area contributed by atoms with Crippen molar-refractivity contribution < 1.29 is 4.74 Å². The number of methoxy groups -OCH3 is 1. The van der Waals surface area contributed by atoms with Crippen molar-refractivity contribution in [1.82, 2.24) is 9.80 Å². The number of nitrogens with zero attached hydrogens (tertiary/aromatic N) is 2. The second-order valence-corrected chi connectivity index (χ2v) is 6.01. The van der Waals surface area contributed by atoms with Crippen LogP contribution in [0.4, 0.5) is 5.69 Å². The van der Waals surface area contributed by atoms with Crippen molar-refractivity contribution in [2.45, 2.75) is 19.4 Å². The summed E-state index contributed by atoms with van der Waals surface area (Å²) < 4.78 is 5.19. The Morgan fingerprint density at radius 2 is 2.05 bits per heavy atom. The maximum atomic E-state index is 6.08. The highest BCUT2D eigenvalue weighted by Crippen LogP contribution is 2.22. The summed E-state index contributed by atoms with van der Waals surface area (Å²) in [5.74, 6) is 1.64. The second kappa shape index (κ2) is 6.95. The molecule has 0 atom stereocenters. The number of benzene rings is 1. The van der Waals surface area contributed by atoms with Crippen molar-refractivity contribution in [2.24, 2.45) is 5.92 Å². The molecule has 0 aliphatic carbocycles. The predicted octanol–water partition coefficient (Wildman–Crippen LogP) is 2.05. The van der Waals surface area contributed by atoms with E-state index in [2.05, 4.69) is 30.0 Å². The Labute approximate surface area is 122 Å². The largest absolute Gasteiger partial charge is 0.497 e. The maximum absolute atomic E-state index is 6.08. The molecule has 0 aromatic heterocycles. The lowest BCUT2D eigenvalue weighted by Crippen LogP contribution is -2.35. The van der Waals surface area contributed by atoms with Gasteiger partial charge in [0.05, 0.1) is 7.11 Å². The van der Waals surface area contributed by atoms with Gasteiger partial charge in [-0.3, -0.25) is 0 Å². The third-order valence-electron chi connectivity index (χ3n) is 4.20.